The van der Waals surface area contributed by atoms with Crippen molar-refractivity contribution in [1.82, 2.24) is 24.6 Å². The van der Waals surface area contributed by atoms with Gasteiger partial charge in [0, 0.05) is 62.0 Å². The molecule has 2 saturated heterocycles. The molecule has 2 aromatic heterocycles. The Balaban J connectivity index is 1.13. The predicted molar refractivity (Wildman–Crippen MR) is 130 cm³/mol. The lowest BCUT2D eigenvalue weighted by atomic mass is 10.0. The fourth-order valence-electron chi connectivity index (χ4n) is 5.11. The van der Waals surface area contributed by atoms with Gasteiger partial charge >= 0.3 is 6.18 Å². The van der Waals surface area contributed by atoms with Gasteiger partial charge in [0.1, 0.15) is 0 Å². The topological polar surface area (TPSA) is 70.0 Å². The molecule has 0 bridgehead atoms. The number of rotatable bonds is 7. The van der Waals surface area contributed by atoms with Crippen LogP contribution in [0.15, 0.2) is 52.5 Å². The van der Waals surface area contributed by atoms with Crippen molar-refractivity contribution in [2.24, 2.45) is 13.0 Å². The number of H-pyrrole nitrogens is 1. The summed E-state index contributed by atoms with van der Waals surface area (Å²) in [7, 11) is 1.91. The average molecular weight is 505 g/mol. The van der Waals surface area contributed by atoms with Crippen LogP contribution in [0.3, 0.4) is 0 Å². The van der Waals surface area contributed by atoms with E-state index < -0.39 is 11.7 Å². The number of aromatic nitrogens is 4. The van der Waals surface area contributed by atoms with Crippen molar-refractivity contribution in [3.63, 3.8) is 0 Å². The van der Waals surface area contributed by atoms with E-state index in [1.165, 1.54) is 18.2 Å². The van der Waals surface area contributed by atoms with Gasteiger partial charge in [-0.2, -0.15) is 13.2 Å². The zero-order valence-electron chi connectivity index (χ0n) is 19.3. The first-order chi connectivity index (χ1) is 16.8. The first-order valence-electron chi connectivity index (χ1n) is 11.7. The van der Waals surface area contributed by atoms with Gasteiger partial charge in [-0.3, -0.25) is 4.79 Å². The highest BCUT2D eigenvalue weighted by atomic mass is 32.2. The summed E-state index contributed by atoms with van der Waals surface area (Å²) in [6.07, 6.45) is -0.696. The van der Waals surface area contributed by atoms with E-state index >= 15 is 0 Å². The Labute approximate surface area is 205 Å². The number of likely N-dealkylation sites (tertiary alicyclic amines) is 1. The lowest BCUT2D eigenvalue weighted by Crippen LogP contribution is -2.35. The molecule has 2 aliphatic heterocycles. The Hall–Kier alpha value is -2.79. The SMILES string of the molecule is Cn1c(SCCCN2CC3CCN(c4cccc(C(F)(F)F)c4)C3C2)nnc1-c1ccc(=O)[nH]c1. The number of anilines is 1. The average Bonchev–Trinajstić information content (AvgIpc) is 3.51. The Morgan fingerprint density at radius 1 is 1.17 bits per heavy atom. The van der Waals surface area contributed by atoms with Crippen LogP contribution < -0.4 is 10.5 Å². The van der Waals surface area contributed by atoms with Crippen molar-refractivity contribution in [2.45, 2.75) is 30.2 Å². The first-order valence-corrected chi connectivity index (χ1v) is 12.7. The zero-order valence-corrected chi connectivity index (χ0v) is 20.1. The summed E-state index contributed by atoms with van der Waals surface area (Å²) >= 11 is 1.65. The highest BCUT2D eigenvalue weighted by Gasteiger charge is 2.41. The Bertz CT molecular complexity index is 1220. The van der Waals surface area contributed by atoms with Gasteiger partial charge < -0.3 is 19.4 Å². The quantitative estimate of drug-likeness (QED) is 0.389. The standard InChI is InChI=1S/C24H27F3N6OS/c1-31-22(16-6-7-21(34)28-13-16)29-30-23(31)35-11-3-9-32-14-17-8-10-33(20(17)15-32)19-5-2-4-18(12-19)24(25,26)27/h2,4-7,12-13,17,20H,3,8-11,14-15H2,1H3,(H,28,34). The van der Waals surface area contributed by atoms with Crippen LogP contribution in [0.25, 0.3) is 11.4 Å². The van der Waals surface area contributed by atoms with Gasteiger partial charge in [0.15, 0.2) is 11.0 Å². The van der Waals surface area contributed by atoms with Crippen molar-refractivity contribution in [3.05, 3.63) is 58.5 Å². The molecule has 2 unspecified atom stereocenters. The second kappa shape index (κ2) is 9.69. The molecular weight excluding hydrogens is 477 g/mol. The van der Waals surface area contributed by atoms with Crippen LogP contribution in [0.2, 0.25) is 0 Å². The Morgan fingerprint density at radius 2 is 2.03 bits per heavy atom. The molecule has 2 atom stereocenters. The summed E-state index contributed by atoms with van der Waals surface area (Å²) in [4.78, 5) is 18.5. The maximum Gasteiger partial charge on any atom is 0.416 e. The minimum Gasteiger partial charge on any atom is -0.367 e. The lowest BCUT2D eigenvalue weighted by molar-refractivity contribution is -0.137. The van der Waals surface area contributed by atoms with E-state index in [0.29, 0.717) is 17.4 Å². The number of alkyl halides is 3. The molecular formula is C24H27F3N6OS. The Morgan fingerprint density at radius 3 is 2.80 bits per heavy atom. The van der Waals surface area contributed by atoms with Crippen LogP contribution in [0.1, 0.15) is 18.4 Å². The van der Waals surface area contributed by atoms with Crippen LogP contribution in [0.5, 0.6) is 0 Å². The van der Waals surface area contributed by atoms with Crippen molar-refractivity contribution in [2.75, 3.05) is 36.8 Å². The number of aromatic amines is 1. The molecule has 0 radical (unpaired) electrons. The van der Waals surface area contributed by atoms with Crippen molar-refractivity contribution >= 4 is 17.4 Å². The summed E-state index contributed by atoms with van der Waals surface area (Å²) in [5.41, 5.74) is 0.734. The summed E-state index contributed by atoms with van der Waals surface area (Å²) in [6, 6.07) is 9.18. The number of benzene rings is 1. The molecule has 11 heteroatoms. The van der Waals surface area contributed by atoms with Crippen molar-refractivity contribution < 1.29 is 13.2 Å². The summed E-state index contributed by atoms with van der Waals surface area (Å²) in [5.74, 6) is 2.09. The number of hydrogen-bond acceptors (Lipinski definition) is 6. The highest BCUT2D eigenvalue weighted by Crippen LogP contribution is 2.38. The third-order valence-corrected chi connectivity index (χ3v) is 7.96. The maximum atomic E-state index is 13.2. The summed E-state index contributed by atoms with van der Waals surface area (Å²) in [5, 5.41) is 9.35. The normalized spacial score (nSPS) is 20.5. The molecule has 4 heterocycles. The van der Waals surface area contributed by atoms with Crippen molar-refractivity contribution in [3.8, 4) is 11.4 Å². The minimum atomic E-state index is -4.32. The van der Waals surface area contributed by atoms with Gasteiger partial charge in [0.25, 0.3) is 0 Å². The summed E-state index contributed by atoms with van der Waals surface area (Å²) < 4.78 is 41.4. The molecule has 0 aliphatic carbocycles. The van der Waals surface area contributed by atoms with Crippen LogP contribution >= 0.6 is 11.8 Å². The molecule has 0 saturated carbocycles. The third kappa shape index (κ3) is 5.11. The third-order valence-electron chi connectivity index (χ3n) is 6.86. The van der Waals surface area contributed by atoms with Gasteiger partial charge in [-0.1, -0.05) is 17.8 Å². The summed E-state index contributed by atoms with van der Waals surface area (Å²) in [6.45, 7) is 3.63. The van der Waals surface area contributed by atoms with E-state index in [1.807, 2.05) is 11.6 Å². The zero-order chi connectivity index (χ0) is 24.6. The van der Waals surface area contributed by atoms with Crippen LogP contribution in [0.4, 0.5) is 18.9 Å². The Kier molecular flexibility index (Phi) is 6.63. The maximum absolute atomic E-state index is 13.2. The van der Waals surface area contributed by atoms with Gasteiger partial charge in [0.2, 0.25) is 5.56 Å². The van der Waals surface area contributed by atoms with E-state index in [9.17, 15) is 18.0 Å². The molecule has 2 aliphatic rings. The van der Waals surface area contributed by atoms with E-state index in [4.69, 9.17) is 0 Å². The molecule has 0 amide bonds. The molecule has 3 aromatic rings. The van der Waals surface area contributed by atoms with E-state index in [0.717, 1.165) is 61.6 Å². The van der Waals surface area contributed by atoms with E-state index in [2.05, 4.69) is 25.0 Å². The minimum absolute atomic E-state index is 0.158. The molecule has 2 fully saturated rings. The molecule has 0 spiro atoms. The van der Waals surface area contributed by atoms with Crippen LogP contribution in [-0.4, -0.2) is 62.6 Å². The second-order valence-electron chi connectivity index (χ2n) is 9.13. The van der Waals surface area contributed by atoms with Gasteiger partial charge in [-0.15, -0.1) is 10.2 Å². The molecule has 1 N–H and O–H groups in total. The van der Waals surface area contributed by atoms with Crippen LogP contribution in [-0.2, 0) is 13.2 Å². The number of pyridine rings is 1. The molecule has 186 valence electrons. The monoisotopic (exact) mass is 504 g/mol. The van der Waals surface area contributed by atoms with E-state index in [1.54, 1.807) is 30.1 Å². The lowest BCUT2D eigenvalue weighted by Gasteiger charge is -2.27. The first kappa shape index (κ1) is 23.9. The largest absolute Gasteiger partial charge is 0.416 e. The van der Waals surface area contributed by atoms with Gasteiger partial charge in [-0.05, 0) is 49.6 Å². The van der Waals surface area contributed by atoms with Crippen molar-refractivity contribution in [1.29, 1.82) is 0 Å². The number of halogens is 3. The fraction of sp³-hybridized carbons (Fsp3) is 0.458. The number of fused-ring (bicyclic) bond motifs is 1. The van der Waals surface area contributed by atoms with Gasteiger partial charge in [-0.25, -0.2) is 0 Å². The van der Waals surface area contributed by atoms with Gasteiger partial charge in [0.05, 0.1) is 5.56 Å². The number of thioether (sulfide) groups is 1. The highest BCUT2D eigenvalue weighted by molar-refractivity contribution is 7.99. The predicted octanol–water partition coefficient (Wildman–Crippen LogP) is 3.88. The number of nitrogens with one attached hydrogen (secondary N) is 1. The molecule has 5 rings (SSSR count). The fourth-order valence-corrected chi connectivity index (χ4v) is 5.94. The molecule has 1 aromatic carbocycles. The second-order valence-corrected chi connectivity index (χ2v) is 10.2. The molecule has 35 heavy (non-hydrogen) atoms. The number of nitrogens with zero attached hydrogens (tertiary/aromatic N) is 5. The molecule has 7 nitrogen and oxygen atoms in total. The van der Waals surface area contributed by atoms with E-state index in [-0.39, 0.29) is 11.6 Å². The van der Waals surface area contributed by atoms with Crippen LogP contribution in [0, 0.1) is 5.92 Å². The smallest absolute Gasteiger partial charge is 0.367 e. The number of hydrogen-bond donors (Lipinski definition) is 1.